The molecule has 4 rings (SSSR count). The Morgan fingerprint density at radius 3 is 2.06 bits per heavy atom. The van der Waals surface area contributed by atoms with Gasteiger partial charge < -0.3 is 15.4 Å². The van der Waals surface area contributed by atoms with E-state index in [1.165, 1.54) is 0 Å². The molecule has 1 unspecified atom stereocenters. The van der Waals surface area contributed by atoms with Crippen molar-refractivity contribution in [2.45, 2.75) is 19.0 Å². The number of rotatable bonds is 10. The molecule has 1 aliphatic rings. The van der Waals surface area contributed by atoms with Crippen LogP contribution in [0.25, 0.3) is 0 Å². The highest BCUT2D eigenvalue weighted by Crippen LogP contribution is 2.44. The first-order chi connectivity index (χ1) is 17.5. The van der Waals surface area contributed by atoms with Crippen LogP contribution >= 0.6 is 11.8 Å². The number of nitro groups is 2. The highest BCUT2D eigenvalue weighted by Gasteiger charge is 2.47. The molecule has 1 atom stereocenters. The van der Waals surface area contributed by atoms with Crippen LogP contribution in [0.3, 0.4) is 0 Å². The van der Waals surface area contributed by atoms with Gasteiger partial charge >= 0.3 is 5.70 Å². The Balaban J connectivity index is 1.80. The predicted octanol–water partition coefficient (Wildman–Crippen LogP) is 5.00. The van der Waals surface area contributed by atoms with Crippen molar-refractivity contribution in [2.75, 3.05) is 6.26 Å². The zero-order valence-corrected chi connectivity index (χ0v) is 20.2. The van der Waals surface area contributed by atoms with Crippen LogP contribution in [0.15, 0.2) is 107 Å². The molecule has 0 radical (unpaired) electrons. The summed E-state index contributed by atoms with van der Waals surface area (Å²) in [6.07, 6.45) is 1.70. The van der Waals surface area contributed by atoms with Crippen molar-refractivity contribution < 1.29 is 14.6 Å². The number of para-hydroxylation sites is 1. The molecule has 9 nitrogen and oxygen atoms in total. The second-order valence-corrected chi connectivity index (χ2v) is 8.71. The first-order valence-corrected chi connectivity index (χ1v) is 12.4. The SMILES string of the molecule is CS/C(NCc1ccccc1)=C(\C1C([N+](=O)[O-])=C(NCc2ccccc2)Oc2ccccc21)[N+](=O)[O-]. The Bertz CT molecular complexity index is 1310. The van der Waals surface area contributed by atoms with E-state index in [0.29, 0.717) is 17.9 Å². The summed E-state index contributed by atoms with van der Waals surface area (Å²) in [5, 5.41) is 31.2. The molecule has 36 heavy (non-hydrogen) atoms. The third-order valence-corrected chi connectivity index (χ3v) is 6.41. The minimum absolute atomic E-state index is 0.115. The molecule has 184 valence electrons. The molecule has 0 fully saturated rings. The highest BCUT2D eigenvalue weighted by molar-refractivity contribution is 8.02. The maximum absolute atomic E-state index is 12.5. The summed E-state index contributed by atoms with van der Waals surface area (Å²) < 4.78 is 5.88. The lowest BCUT2D eigenvalue weighted by Crippen LogP contribution is -2.32. The number of hydrogen-bond acceptors (Lipinski definition) is 8. The maximum atomic E-state index is 12.5. The van der Waals surface area contributed by atoms with Gasteiger partial charge in [-0.25, -0.2) is 0 Å². The summed E-state index contributed by atoms with van der Waals surface area (Å²) in [5.74, 6) is -1.05. The van der Waals surface area contributed by atoms with Gasteiger partial charge in [-0.3, -0.25) is 20.2 Å². The van der Waals surface area contributed by atoms with Gasteiger partial charge in [0.1, 0.15) is 10.8 Å². The first-order valence-electron chi connectivity index (χ1n) is 11.1. The van der Waals surface area contributed by atoms with Crippen LogP contribution < -0.4 is 15.4 Å². The van der Waals surface area contributed by atoms with Gasteiger partial charge in [0.2, 0.25) is 0 Å². The normalized spacial score (nSPS) is 15.3. The molecule has 0 amide bonds. The molecule has 3 aromatic rings. The largest absolute Gasteiger partial charge is 0.435 e. The molecule has 1 aliphatic heterocycles. The molecular formula is C26H24N4O5S. The van der Waals surface area contributed by atoms with E-state index < -0.39 is 21.5 Å². The first kappa shape index (κ1) is 24.8. The lowest BCUT2D eigenvalue weighted by Gasteiger charge is -2.25. The summed E-state index contributed by atoms with van der Waals surface area (Å²) in [6.45, 7) is 0.581. The Labute approximate surface area is 212 Å². The topological polar surface area (TPSA) is 120 Å². The van der Waals surface area contributed by atoms with Crippen LogP contribution in [0.2, 0.25) is 0 Å². The molecule has 2 N–H and O–H groups in total. The van der Waals surface area contributed by atoms with Gasteiger partial charge in [0, 0.05) is 18.7 Å². The second-order valence-electron chi connectivity index (χ2n) is 7.90. The number of fused-ring (bicyclic) bond motifs is 1. The minimum Gasteiger partial charge on any atom is -0.435 e. The quantitative estimate of drug-likeness (QED) is 0.293. The van der Waals surface area contributed by atoms with E-state index in [4.69, 9.17) is 4.74 Å². The van der Waals surface area contributed by atoms with Gasteiger partial charge in [0.15, 0.2) is 5.92 Å². The molecule has 0 aromatic heterocycles. The van der Waals surface area contributed by atoms with E-state index in [1.54, 1.807) is 30.5 Å². The van der Waals surface area contributed by atoms with E-state index in [0.717, 1.165) is 22.9 Å². The highest BCUT2D eigenvalue weighted by atomic mass is 32.2. The van der Waals surface area contributed by atoms with Crippen molar-refractivity contribution >= 4 is 11.8 Å². The molecule has 0 saturated carbocycles. The number of benzene rings is 3. The minimum atomic E-state index is -1.26. The summed E-state index contributed by atoms with van der Waals surface area (Å²) >= 11 is 1.14. The molecule has 0 aliphatic carbocycles. The Kier molecular flexibility index (Phi) is 7.86. The van der Waals surface area contributed by atoms with Crippen molar-refractivity contribution in [2.24, 2.45) is 0 Å². The monoisotopic (exact) mass is 504 g/mol. The summed E-state index contributed by atoms with van der Waals surface area (Å²) in [6, 6.07) is 25.4. The predicted molar refractivity (Wildman–Crippen MR) is 138 cm³/mol. The number of ether oxygens (including phenoxy) is 1. The average molecular weight is 505 g/mol. The number of hydrogen-bond donors (Lipinski definition) is 2. The van der Waals surface area contributed by atoms with E-state index in [1.807, 2.05) is 60.7 Å². The van der Waals surface area contributed by atoms with Crippen molar-refractivity contribution in [1.29, 1.82) is 0 Å². The smallest absolute Gasteiger partial charge is 0.324 e. The average Bonchev–Trinajstić information content (AvgIpc) is 2.90. The van der Waals surface area contributed by atoms with Crippen LogP contribution in [0.4, 0.5) is 0 Å². The summed E-state index contributed by atoms with van der Waals surface area (Å²) in [4.78, 5) is 23.7. The fraction of sp³-hybridized carbons (Fsp3) is 0.154. The van der Waals surface area contributed by atoms with Crippen LogP contribution in [-0.4, -0.2) is 16.1 Å². The fourth-order valence-corrected chi connectivity index (χ4v) is 4.61. The Hall–Kier alpha value is -4.31. The van der Waals surface area contributed by atoms with Gasteiger partial charge in [-0.1, -0.05) is 78.9 Å². The van der Waals surface area contributed by atoms with Crippen LogP contribution in [-0.2, 0) is 13.1 Å². The van der Waals surface area contributed by atoms with Gasteiger partial charge in [-0.05, 0) is 23.4 Å². The zero-order valence-electron chi connectivity index (χ0n) is 19.4. The third kappa shape index (κ3) is 5.49. The molecule has 0 spiro atoms. The number of nitrogens with zero attached hydrogens (tertiary/aromatic N) is 2. The number of nitrogens with one attached hydrogen (secondary N) is 2. The van der Waals surface area contributed by atoms with Crippen molar-refractivity contribution in [1.82, 2.24) is 10.6 Å². The molecule has 10 heteroatoms. The molecular weight excluding hydrogens is 480 g/mol. The van der Waals surface area contributed by atoms with Crippen molar-refractivity contribution in [3.05, 3.63) is 144 Å². The van der Waals surface area contributed by atoms with Gasteiger partial charge in [-0.2, -0.15) is 0 Å². The van der Waals surface area contributed by atoms with Crippen molar-refractivity contribution in [3.8, 4) is 5.75 Å². The van der Waals surface area contributed by atoms with Crippen molar-refractivity contribution in [3.63, 3.8) is 0 Å². The Morgan fingerprint density at radius 1 is 0.889 bits per heavy atom. The summed E-state index contributed by atoms with van der Waals surface area (Å²) in [7, 11) is 0. The zero-order chi connectivity index (χ0) is 25.5. The molecule has 3 aromatic carbocycles. The van der Waals surface area contributed by atoms with E-state index in [9.17, 15) is 20.2 Å². The summed E-state index contributed by atoms with van der Waals surface area (Å²) in [5.41, 5.74) is 1.44. The number of thioether (sulfide) groups is 1. The molecule has 1 heterocycles. The Morgan fingerprint density at radius 2 is 1.47 bits per heavy atom. The lowest BCUT2D eigenvalue weighted by molar-refractivity contribution is -0.456. The van der Waals surface area contributed by atoms with E-state index >= 15 is 0 Å². The maximum Gasteiger partial charge on any atom is 0.324 e. The standard InChI is InChI=1S/C26H24N4O5S/c1-36-26(28-17-19-12-6-3-7-13-19)24(30(33)34)22-20-14-8-9-15-21(20)35-25(23(22)29(31)32)27-16-18-10-4-2-5-11-18/h2-15,22,27-28H,16-17H2,1H3/b26-24+. The van der Waals surface area contributed by atoms with Gasteiger partial charge in [0.05, 0.1) is 9.85 Å². The lowest BCUT2D eigenvalue weighted by atomic mass is 9.90. The second kappa shape index (κ2) is 11.4. The van der Waals surface area contributed by atoms with Gasteiger partial charge in [0.25, 0.3) is 11.6 Å². The molecule has 0 bridgehead atoms. The molecule has 0 saturated heterocycles. The van der Waals surface area contributed by atoms with E-state index in [-0.39, 0.29) is 23.2 Å². The van der Waals surface area contributed by atoms with E-state index in [2.05, 4.69) is 10.6 Å². The third-order valence-electron chi connectivity index (χ3n) is 5.64. The van der Waals surface area contributed by atoms with Crippen LogP contribution in [0.5, 0.6) is 5.75 Å². The van der Waals surface area contributed by atoms with Gasteiger partial charge in [-0.15, -0.1) is 11.8 Å². The van der Waals surface area contributed by atoms with Crippen LogP contribution in [0, 0.1) is 20.2 Å². The fourth-order valence-electron chi connectivity index (χ4n) is 3.99. The van der Waals surface area contributed by atoms with Crippen LogP contribution in [0.1, 0.15) is 22.6 Å².